The number of hydrogen-bond acceptors (Lipinski definition) is 3. The molecular formula is C20H14N2O2S. The van der Waals surface area contributed by atoms with E-state index >= 15 is 0 Å². The number of carboxylic acids is 1. The van der Waals surface area contributed by atoms with E-state index in [4.69, 9.17) is 0 Å². The van der Waals surface area contributed by atoms with Crippen LogP contribution >= 0.6 is 11.8 Å². The predicted octanol–water partition coefficient (Wildman–Crippen LogP) is 4.93. The maximum absolute atomic E-state index is 11.7. The van der Waals surface area contributed by atoms with Gasteiger partial charge in [0.15, 0.2) is 5.16 Å². The van der Waals surface area contributed by atoms with Crippen LogP contribution in [0.25, 0.3) is 27.9 Å². The average Bonchev–Trinajstić information content (AvgIpc) is 3.04. The number of nitrogens with one attached hydrogen (secondary N) is 1. The van der Waals surface area contributed by atoms with Crippen molar-refractivity contribution in [2.24, 2.45) is 0 Å². The van der Waals surface area contributed by atoms with Gasteiger partial charge < -0.3 is 10.1 Å². The van der Waals surface area contributed by atoms with Crippen LogP contribution < -0.4 is 0 Å². The SMILES string of the molecule is O=C(O)/C(=C/c1cccc2ccccc12)Sc1nc2ccccc2[nH]1. The molecule has 0 saturated carbocycles. The van der Waals surface area contributed by atoms with E-state index in [1.54, 1.807) is 6.08 Å². The van der Waals surface area contributed by atoms with Crippen molar-refractivity contribution >= 4 is 45.6 Å². The van der Waals surface area contributed by atoms with Gasteiger partial charge in [0.05, 0.1) is 11.0 Å². The van der Waals surface area contributed by atoms with Crippen LogP contribution in [-0.2, 0) is 4.79 Å². The topological polar surface area (TPSA) is 66.0 Å². The molecule has 1 aromatic heterocycles. The number of fused-ring (bicyclic) bond motifs is 2. The summed E-state index contributed by atoms with van der Waals surface area (Å²) in [7, 11) is 0. The summed E-state index contributed by atoms with van der Waals surface area (Å²) in [6, 6.07) is 21.4. The van der Waals surface area contributed by atoms with Gasteiger partial charge in [-0.3, -0.25) is 0 Å². The third kappa shape index (κ3) is 3.14. The van der Waals surface area contributed by atoms with Gasteiger partial charge in [-0.15, -0.1) is 0 Å². The van der Waals surface area contributed by atoms with Crippen LogP contribution in [0, 0.1) is 0 Å². The number of aromatic nitrogens is 2. The molecule has 0 bridgehead atoms. The van der Waals surface area contributed by atoms with Gasteiger partial charge in [0.1, 0.15) is 4.91 Å². The van der Waals surface area contributed by atoms with E-state index in [9.17, 15) is 9.90 Å². The Labute approximate surface area is 148 Å². The lowest BCUT2D eigenvalue weighted by Crippen LogP contribution is -1.97. The molecule has 0 aliphatic carbocycles. The van der Waals surface area contributed by atoms with Gasteiger partial charge in [0.25, 0.3) is 0 Å². The Morgan fingerprint density at radius 2 is 1.76 bits per heavy atom. The third-order valence-corrected chi connectivity index (χ3v) is 4.79. The number of aromatic amines is 1. The number of aliphatic carboxylic acids is 1. The highest BCUT2D eigenvalue weighted by Crippen LogP contribution is 2.30. The molecule has 0 radical (unpaired) electrons. The van der Waals surface area contributed by atoms with Gasteiger partial charge in [-0.2, -0.15) is 0 Å². The number of thioether (sulfide) groups is 1. The number of H-pyrrole nitrogens is 1. The fourth-order valence-electron chi connectivity index (χ4n) is 2.73. The quantitative estimate of drug-likeness (QED) is 0.406. The van der Waals surface area contributed by atoms with Crippen molar-refractivity contribution in [3.63, 3.8) is 0 Å². The summed E-state index contributed by atoms with van der Waals surface area (Å²) in [6.45, 7) is 0. The zero-order valence-corrected chi connectivity index (χ0v) is 14.0. The maximum Gasteiger partial charge on any atom is 0.342 e. The molecular weight excluding hydrogens is 332 g/mol. The standard InChI is InChI=1S/C20H14N2O2S/c23-19(24)18(25-20-21-16-10-3-4-11-17(16)22-20)12-14-8-5-7-13-6-1-2-9-15(13)14/h1-12H,(H,21,22)(H,23,24)/b18-12-. The monoisotopic (exact) mass is 346 g/mol. The van der Waals surface area contributed by atoms with Gasteiger partial charge in [-0.1, -0.05) is 54.6 Å². The highest BCUT2D eigenvalue weighted by molar-refractivity contribution is 8.04. The molecule has 4 aromatic rings. The van der Waals surface area contributed by atoms with Gasteiger partial charge in [0.2, 0.25) is 0 Å². The summed E-state index contributed by atoms with van der Waals surface area (Å²) < 4.78 is 0. The van der Waals surface area contributed by atoms with Crippen LogP contribution in [0.3, 0.4) is 0 Å². The van der Waals surface area contributed by atoms with Crippen molar-refractivity contribution in [2.75, 3.05) is 0 Å². The van der Waals surface area contributed by atoms with Crippen molar-refractivity contribution in [1.29, 1.82) is 0 Å². The molecule has 3 aromatic carbocycles. The molecule has 122 valence electrons. The minimum Gasteiger partial charge on any atom is -0.477 e. The Hall–Kier alpha value is -3.05. The predicted molar refractivity (Wildman–Crippen MR) is 102 cm³/mol. The van der Waals surface area contributed by atoms with Crippen molar-refractivity contribution < 1.29 is 9.90 Å². The van der Waals surface area contributed by atoms with Gasteiger partial charge in [0, 0.05) is 0 Å². The molecule has 0 atom stereocenters. The van der Waals surface area contributed by atoms with Gasteiger partial charge >= 0.3 is 5.97 Å². The summed E-state index contributed by atoms with van der Waals surface area (Å²) in [6.07, 6.45) is 1.70. The molecule has 4 nitrogen and oxygen atoms in total. The van der Waals surface area contributed by atoms with E-state index in [-0.39, 0.29) is 4.91 Å². The normalized spacial score (nSPS) is 11.9. The summed E-state index contributed by atoms with van der Waals surface area (Å²) in [4.78, 5) is 19.5. The third-order valence-electron chi connectivity index (χ3n) is 3.90. The van der Waals surface area contributed by atoms with Crippen LogP contribution in [0.2, 0.25) is 0 Å². The summed E-state index contributed by atoms with van der Waals surface area (Å²) in [5.74, 6) is -0.974. The number of benzene rings is 3. The second kappa shape index (κ2) is 6.45. The first kappa shape index (κ1) is 15.5. The van der Waals surface area contributed by atoms with Crippen LogP contribution in [0.1, 0.15) is 5.56 Å². The number of para-hydroxylation sites is 2. The highest BCUT2D eigenvalue weighted by atomic mass is 32.2. The van der Waals surface area contributed by atoms with Crippen molar-refractivity contribution in [2.45, 2.75) is 5.16 Å². The highest BCUT2D eigenvalue weighted by Gasteiger charge is 2.13. The second-order valence-corrected chi connectivity index (χ2v) is 6.57. The van der Waals surface area contributed by atoms with E-state index in [2.05, 4.69) is 9.97 Å². The maximum atomic E-state index is 11.7. The number of hydrogen-bond donors (Lipinski definition) is 2. The molecule has 25 heavy (non-hydrogen) atoms. The molecule has 0 fully saturated rings. The molecule has 0 aliphatic heterocycles. The lowest BCUT2D eigenvalue weighted by Gasteiger charge is -2.04. The van der Waals surface area contributed by atoms with E-state index in [1.165, 1.54) is 0 Å². The van der Waals surface area contributed by atoms with E-state index in [0.29, 0.717) is 5.16 Å². The fourth-order valence-corrected chi connectivity index (χ4v) is 3.52. The summed E-state index contributed by atoms with van der Waals surface area (Å²) in [5.41, 5.74) is 2.58. The Balaban J connectivity index is 1.75. The molecule has 2 N–H and O–H groups in total. The number of carbonyl (C=O) groups is 1. The molecule has 0 spiro atoms. The van der Waals surface area contributed by atoms with Crippen molar-refractivity contribution in [1.82, 2.24) is 9.97 Å². The molecule has 4 rings (SSSR count). The Bertz CT molecular complexity index is 1080. The minimum absolute atomic E-state index is 0.218. The molecule has 0 aliphatic rings. The minimum atomic E-state index is -0.974. The second-order valence-electron chi connectivity index (χ2n) is 5.54. The summed E-state index contributed by atoms with van der Waals surface area (Å²) in [5, 5.41) is 12.3. The zero-order chi connectivity index (χ0) is 17.2. The fraction of sp³-hybridized carbons (Fsp3) is 0. The average molecular weight is 346 g/mol. The Morgan fingerprint density at radius 1 is 1.00 bits per heavy atom. The molecule has 0 unspecified atom stereocenters. The number of carboxylic acid groups (broad SMARTS) is 1. The van der Waals surface area contributed by atoms with Gasteiger partial charge in [-0.05, 0) is 46.3 Å². The Kier molecular flexibility index (Phi) is 3.99. The number of nitrogens with zero attached hydrogens (tertiary/aromatic N) is 1. The number of rotatable bonds is 4. The van der Waals surface area contributed by atoms with Gasteiger partial charge in [-0.25, -0.2) is 9.78 Å². The van der Waals surface area contributed by atoms with Crippen molar-refractivity contribution in [3.05, 3.63) is 77.2 Å². The zero-order valence-electron chi connectivity index (χ0n) is 13.1. The molecule has 0 amide bonds. The number of imidazole rings is 1. The Morgan fingerprint density at radius 3 is 2.60 bits per heavy atom. The molecule has 0 saturated heterocycles. The first-order chi connectivity index (χ1) is 12.2. The molecule has 5 heteroatoms. The van der Waals surface area contributed by atoms with Crippen molar-refractivity contribution in [3.8, 4) is 0 Å². The van der Waals surface area contributed by atoms with E-state index in [1.807, 2.05) is 66.7 Å². The summed E-state index contributed by atoms with van der Waals surface area (Å²) >= 11 is 1.12. The lowest BCUT2D eigenvalue weighted by molar-refractivity contribution is -0.131. The smallest absolute Gasteiger partial charge is 0.342 e. The van der Waals surface area contributed by atoms with Crippen LogP contribution in [0.5, 0.6) is 0 Å². The van der Waals surface area contributed by atoms with Crippen LogP contribution in [0.4, 0.5) is 0 Å². The molecule has 1 heterocycles. The van der Waals surface area contributed by atoms with E-state index in [0.717, 1.165) is 39.1 Å². The first-order valence-corrected chi connectivity index (χ1v) is 8.58. The largest absolute Gasteiger partial charge is 0.477 e. The van der Waals surface area contributed by atoms with Crippen LogP contribution in [-0.4, -0.2) is 21.0 Å². The van der Waals surface area contributed by atoms with E-state index < -0.39 is 5.97 Å². The lowest BCUT2D eigenvalue weighted by atomic mass is 10.0. The first-order valence-electron chi connectivity index (χ1n) is 7.76. The van der Waals surface area contributed by atoms with Crippen LogP contribution in [0.15, 0.2) is 76.8 Å².